The van der Waals surface area contributed by atoms with Crippen molar-refractivity contribution in [3.63, 3.8) is 0 Å². The SMILES string of the molecule is Cn1c(C(=O)N[C@@H]2CCN3CCCC[C@@H]23)c(Br)c2ccccc21. The number of benzene rings is 1. The van der Waals surface area contributed by atoms with Gasteiger partial charge in [-0.15, -0.1) is 0 Å². The number of para-hydroxylation sites is 1. The summed E-state index contributed by atoms with van der Waals surface area (Å²) in [5.41, 5.74) is 1.80. The molecule has 2 saturated heterocycles. The topological polar surface area (TPSA) is 37.3 Å². The zero-order valence-corrected chi connectivity index (χ0v) is 15.0. The Morgan fingerprint density at radius 3 is 2.87 bits per heavy atom. The normalized spacial score (nSPS) is 24.8. The lowest BCUT2D eigenvalue weighted by molar-refractivity contribution is 0.0906. The molecule has 1 aromatic carbocycles. The van der Waals surface area contributed by atoms with Crippen LogP contribution in [0.4, 0.5) is 0 Å². The maximum absolute atomic E-state index is 12.9. The van der Waals surface area contributed by atoms with Crippen molar-refractivity contribution in [3.05, 3.63) is 34.4 Å². The molecular formula is C18H22BrN3O. The van der Waals surface area contributed by atoms with E-state index >= 15 is 0 Å². The quantitative estimate of drug-likeness (QED) is 0.874. The number of piperidine rings is 1. The molecule has 0 radical (unpaired) electrons. The van der Waals surface area contributed by atoms with Crippen LogP contribution >= 0.6 is 15.9 Å². The Labute approximate surface area is 145 Å². The predicted octanol–water partition coefficient (Wildman–Crippen LogP) is 3.30. The maximum Gasteiger partial charge on any atom is 0.269 e. The third-order valence-corrected chi connectivity index (χ3v) is 6.24. The zero-order chi connectivity index (χ0) is 16.0. The Morgan fingerprint density at radius 1 is 1.22 bits per heavy atom. The van der Waals surface area contributed by atoms with E-state index in [0.717, 1.165) is 34.0 Å². The maximum atomic E-state index is 12.9. The summed E-state index contributed by atoms with van der Waals surface area (Å²) in [4.78, 5) is 15.5. The van der Waals surface area contributed by atoms with Crippen molar-refractivity contribution in [2.24, 2.45) is 7.05 Å². The van der Waals surface area contributed by atoms with E-state index in [1.165, 1.54) is 25.8 Å². The van der Waals surface area contributed by atoms with E-state index in [2.05, 4.69) is 38.3 Å². The fraction of sp³-hybridized carbons (Fsp3) is 0.500. The molecule has 0 unspecified atom stereocenters. The Hall–Kier alpha value is -1.33. The van der Waals surface area contributed by atoms with Gasteiger partial charge < -0.3 is 9.88 Å². The lowest BCUT2D eigenvalue weighted by atomic mass is 9.99. The lowest BCUT2D eigenvalue weighted by Crippen LogP contribution is -2.47. The third-order valence-electron chi connectivity index (χ3n) is 5.43. The Balaban J connectivity index is 1.60. The smallest absolute Gasteiger partial charge is 0.269 e. The van der Waals surface area contributed by atoms with Crippen LogP contribution in [0.5, 0.6) is 0 Å². The monoisotopic (exact) mass is 375 g/mol. The molecule has 0 aliphatic carbocycles. The van der Waals surface area contributed by atoms with E-state index in [-0.39, 0.29) is 11.9 Å². The van der Waals surface area contributed by atoms with E-state index in [0.29, 0.717) is 6.04 Å². The molecule has 0 bridgehead atoms. The number of fused-ring (bicyclic) bond motifs is 2. The number of hydrogen-bond donors (Lipinski definition) is 1. The fourth-order valence-electron chi connectivity index (χ4n) is 4.25. The first kappa shape index (κ1) is 15.2. The van der Waals surface area contributed by atoms with Crippen LogP contribution in [0.1, 0.15) is 36.2 Å². The summed E-state index contributed by atoms with van der Waals surface area (Å²) in [5.74, 6) is 0.0352. The van der Waals surface area contributed by atoms with Crippen LogP contribution < -0.4 is 5.32 Å². The van der Waals surface area contributed by atoms with Crippen LogP contribution in [0, 0.1) is 0 Å². The van der Waals surface area contributed by atoms with Gasteiger partial charge in [-0.2, -0.15) is 0 Å². The molecule has 1 amide bonds. The van der Waals surface area contributed by atoms with Gasteiger partial charge in [0.1, 0.15) is 5.69 Å². The molecule has 1 N–H and O–H groups in total. The lowest BCUT2D eigenvalue weighted by Gasteiger charge is -2.32. The number of amides is 1. The first-order valence-electron chi connectivity index (χ1n) is 8.44. The van der Waals surface area contributed by atoms with Crippen LogP contribution in [-0.2, 0) is 7.05 Å². The predicted molar refractivity (Wildman–Crippen MR) is 95.7 cm³/mol. The van der Waals surface area contributed by atoms with E-state index in [4.69, 9.17) is 0 Å². The largest absolute Gasteiger partial charge is 0.346 e. The second kappa shape index (κ2) is 5.95. The van der Waals surface area contributed by atoms with Crippen LogP contribution in [0.25, 0.3) is 10.9 Å². The van der Waals surface area contributed by atoms with Crippen LogP contribution in [-0.4, -0.2) is 40.5 Å². The van der Waals surface area contributed by atoms with Crippen molar-refractivity contribution in [1.29, 1.82) is 0 Å². The number of aromatic nitrogens is 1. The van der Waals surface area contributed by atoms with E-state index in [9.17, 15) is 4.79 Å². The average Bonchev–Trinajstić information content (AvgIpc) is 3.08. The van der Waals surface area contributed by atoms with E-state index < -0.39 is 0 Å². The second-order valence-corrected chi connectivity index (χ2v) is 7.50. The highest BCUT2D eigenvalue weighted by Crippen LogP contribution is 2.31. The van der Waals surface area contributed by atoms with Crippen molar-refractivity contribution in [1.82, 2.24) is 14.8 Å². The van der Waals surface area contributed by atoms with E-state index in [1.54, 1.807) is 0 Å². The molecule has 1 aromatic heterocycles. The van der Waals surface area contributed by atoms with Gasteiger partial charge in [-0.3, -0.25) is 9.69 Å². The number of nitrogens with zero attached hydrogens (tertiary/aromatic N) is 2. The number of rotatable bonds is 2. The van der Waals surface area contributed by atoms with Crippen LogP contribution in [0.3, 0.4) is 0 Å². The minimum absolute atomic E-state index is 0.0352. The van der Waals surface area contributed by atoms with Crippen molar-refractivity contribution < 1.29 is 4.79 Å². The van der Waals surface area contributed by atoms with Crippen LogP contribution in [0.15, 0.2) is 28.7 Å². The van der Waals surface area contributed by atoms with Gasteiger partial charge in [0.2, 0.25) is 0 Å². The molecule has 0 saturated carbocycles. The number of aryl methyl sites for hydroxylation is 1. The molecule has 2 aliphatic heterocycles. The highest BCUT2D eigenvalue weighted by atomic mass is 79.9. The first-order valence-corrected chi connectivity index (χ1v) is 9.24. The van der Waals surface area contributed by atoms with Crippen molar-refractivity contribution in [2.45, 2.75) is 37.8 Å². The van der Waals surface area contributed by atoms with Gasteiger partial charge in [0.05, 0.1) is 4.47 Å². The average molecular weight is 376 g/mol. The molecule has 4 nitrogen and oxygen atoms in total. The second-order valence-electron chi connectivity index (χ2n) is 6.71. The minimum Gasteiger partial charge on any atom is -0.346 e. The summed E-state index contributed by atoms with van der Waals surface area (Å²) in [6, 6.07) is 8.93. The molecule has 2 atom stereocenters. The highest BCUT2D eigenvalue weighted by molar-refractivity contribution is 9.10. The number of nitrogens with one attached hydrogen (secondary N) is 1. The third kappa shape index (κ3) is 2.50. The Kier molecular flexibility index (Phi) is 3.93. The number of hydrogen-bond acceptors (Lipinski definition) is 2. The summed E-state index contributed by atoms with van der Waals surface area (Å²) in [5, 5.41) is 4.39. The van der Waals surface area contributed by atoms with Gasteiger partial charge >= 0.3 is 0 Å². The standard InChI is InChI=1S/C18H22BrN3O/c1-21-14-7-3-2-6-12(14)16(19)17(21)18(23)20-13-9-11-22-10-5-4-8-15(13)22/h2-3,6-7,13,15H,4-5,8-11H2,1H3,(H,20,23)/t13-,15+/m1/s1. The molecule has 4 rings (SSSR count). The summed E-state index contributed by atoms with van der Waals surface area (Å²) < 4.78 is 2.88. The molecule has 2 aliphatic rings. The molecule has 0 spiro atoms. The number of carbonyl (C=O) groups excluding carboxylic acids is 1. The van der Waals surface area contributed by atoms with Gasteiger partial charge in [-0.05, 0) is 47.8 Å². The van der Waals surface area contributed by atoms with E-state index in [1.807, 2.05) is 23.7 Å². The van der Waals surface area contributed by atoms with Crippen molar-refractivity contribution in [2.75, 3.05) is 13.1 Å². The Bertz CT molecular complexity index is 715. The molecular weight excluding hydrogens is 354 g/mol. The Morgan fingerprint density at radius 2 is 2.04 bits per heavy atom. The highest BCUT2D eigenvalue weighted by Gasteiger charge is 2.36. The van der Waals surface area contributed by atoms with Gasteiger partial charge in [-0.1, -0.05) is 24.6 Å². The summed E-state index contributed by atoms with van der Waals surface area (Å²) in [6.45, 7) is 2.31. The summed E-state index contributed by atoms with van der Waals surface area (Å²) >= 11 is 3.63. The molecule has 5 heteroatoms. The van der Waals surface area contributed by atoms with Crippen molar-refractivity contribution >= 4 is 32.7 Å². The molecule has 2 aromatic rings. The summed E-state index contributed by atoms with van der Waals surface area (Å²) in [6.07, 6.45) is 4.86. The van der Waals surface area contributed by atoms with Gasteiger partial charge in [0.15, 0.2) is 0 Å². The van der Waals surface area contributed by atoms with Crippen molar-refractivity contribution in [3.8, 4) is 0 Å². The zero-order valence-electron chi connectivity index (χ0n) is 13.4. The van der Waals surface area contributed by atoms with Crippen LogP contribution in [0.2, 0.25) is 0 Å². The minimum atomic E-state index is 0.0352. The molecule has 2 fully saturated rings. The van der Waals surface area contributed by atoms with Gasteiger partial charge in [0.25, 0.3) is 5.91 Å². The first-order chi connectivity index (χ1) is 11.2. The molecule has 122 valence electrons. The number of halogens is 1. The number of carbonyl (C=O) groups is 1. The molecule has 23 heavy (non-hydrogen) atoms. The van der Waals surface area contributed by atoms with Gasteiger partial charge in [0, 0.05) is 36.6 Å². The summed E-state index contributed by atoms with van der Waals surface area (Å²) in [7, 11) is 1.96. The van der Waals surface area contributed by atoms with Gasteiger partial charge in [-0.25, -0.2) is 0 Å². The fourth-order valence-corrected chi connectivity index (χ4v) is 5.03. The molecule has 3 heterocycles.